The monoisotopic (exact) mass is 219 g/mol. The highest BCUT2D eigenvalue weighted by Crippen LogP contribution is 2.28. The smallest absolute Gasteiger partial charge is 0.0324 e. The average Bonchev–Trinajstić information content (AvgIpc) is 2.78. The molecule has 3 nitrogen and oxygen atoms in total. The Morgan fingerprint density at radius 1 is 1.50 bits per heavy atom. The van der Waals surface area contributed by atoms with Crippen LogP contribution in [0.1, 0.15) is 31.4 Å². The Morgan fingerprint density at radius 3 is 2.94 bits per heavy atom. The summed E-state index contributed by atoms with van der Waals surface area (Å²) in [6.07, 6.45) is 6.40. The third kappa shape index (κ3) is 2.42. The van der Waals surface area contributed by atoms with Crippen molar-refractivity contribution in [2.24, 2.45) is 0 Å². The Labute approximate surface area is 97.9 Å². The third-order valence-corrected chi connectivity index (χ3v) is 3.55. The lowest BCUT2D eigenvalue weighted by Gasteiger charge is -2.30. The summed E-state index contributed by atoms with van der Waals surface area (Å²) in [5.41, 5.74) is 1.37. The van der Waals surface area contributed by atoms with Gasteiger partial charge in [0, 0.05) is 31.0 Å². The van der Waals surface area contributed by atoms with Gasteiger partial charge >= 0.3 is 0 Å². The van der Waals surface area contributed by atoms with Gasteiger partial charge in [0.15, 0.2) is 0 Å². The Morgan fingerprint density at radius 2 is 2.25 bits per heavy atom. The molecule has 1 aromatic rings. The first-order chi connectivity index (χ1) is 7.83. The van der Waals surface area contributed by atoms with Gasteiger partial charge in [-0.05, 0) is 51.1 Å². The van der Waals surface area contributed by atoms with Crippen molar-refractivity contribution in [3.05, 3.63) is 30.1 Å². The molecule has 0 spiro atoms. The van der Waals surface area contributed by atoms with Crippen LogP contribution in [0, 0.1) is 0 Å². The predicted octanol–water partition coefficient (Wildman–Crippen LogP) is 1.83. The van der Waals surface area contributed by atoms with E-state index in [0.717, 1.165) is 6.54 Å². The van der Waals surface area contributed by atoms with E-state index in [1.165, 1.54) is 24.9 Å². The normalized spacial score (nSPS) is 23.5. The van der Waals surface area contributed by atoms with Crippen LogP contribution >= 0.6 is 0 Å². The minimum Gasteiger partial charge on any atom is -0.318 e. The number of pyridine rings is 1. The summed E-state index contributed by atoms with van der Waals surface area (Å²) in [6.45, 7) is 4.61. The minimum atomic E-state index is 0.504. The molecular weight excluding hydrogens is 198 g/mol. The second kappa shape index (κ2) is 5.41. The SMILES string of the molecule is CNCC1CCCN1C(C)c1ccncc1. The molecule has 2 unspecified atom stereocenters. The number of nitrogens with one attached hydrogen (secondary N) is 1. The summed E-state index contributed by atoms with van der Waals surface area (Å²) in [5, 5.41) is 3.29. The molecule has 1 aliphatic rings. The van der Waals surface area contributed by atoms with E-state index in [2.05, 4.69) is 34.3 Å². The summed E-state index contributed by atoms with van der Waals surface area (Å²) < 4.78 is 0. The number of likely N-dealkylation sites (N-methyl/N-ethyl adjacent to an activating group) is 1. The van der Waals surface area contributed by atoms with Gasteiger partial charge < -0.3 is 5.32 Å². The van der Waals surface area contributed by atoms with Crippen LogP contribution in [0.3, 0.4) is 0 Å². The van der Waals surface area contributed by atoms with E-state index in [-0.39, 0.29) is 0 Å². The molecule has 0 aromatic carbocycles. The standard InChI is InChI=1S/C13H21N3/c1-11(12-5-7-15-8-6-12)16-9-3-4-13(16)10-14-2/h5-8,11,13-14H,3-4,9-10H2,1-2H3. The molecule has 2 heterocycles. The molecule has 1 saturated heterocycles. The number of hydrogen-bond donors (Lipinski definition) is 1. The Kier molecular flexibility index (Phi) is 3.91. The zero-order chi connectivity index (χ0) is 11.4. The Bertz CT molecular complexity index is 312. The molecule has 0 saturated carbocycles. The van der Waals surface area contributed by atoms with Crippen LogP contribution in [0.15, 0.2) is 24.5 Å². The number of rotatable bonds is 4. The van der Waals surface area contributed by atoms with Gasteiger partial charge in [-0.15, -0.1) is 0 Å². The molecular formula is C13H21N3. The summed E-state index contributed by atoms with van der Waals surface area (Å²) in [6, 6.07) is 5.44. The van der Waals surface area contributed by atoms with Crippen molar-refractivity contribution >= 4 is 0 Å². The second-order valence-electron chi connectivity index (χ2n) is 4.55. The number of aromatic nitrogens is 1. The van der Waals surface area contributed by atoms with E-state index in [0.29, 0.717) is 12.1 Å². The molecule has 2 rings (SSSR count). The highest BCUT2D eigenvalue weighted by atomic mass is 15.2. The van der Waals surface area contributed by atoms with Gasteiger partial charge in [-0.3, -0.25) is 9.88 Å². The van der Waals surface area contributed by atoms with E-state index in [1.54, 1.807) is 0 Å². The van der Waals surface area contributed by atoms with Crippen LogP contribution < -0.4 is 5.32 Å². The number of hydrogen-bond acceptors (Lipinski definition) is 3. The number of likely N-dealkylation sites (tertiary alicyclic amines) is 1. The van der Waals surface area contributed by atoms with Crippen molar-refractivity contribution in [2.45, 2.75) is 31.8 Å². The van der Waals surface area contributed by atoms with E-state index in [9.17, 15) is 0 Å². The second-order valence-corrected chi connectivity index (χ2v) is 4.55. The highest BCUT2D eigenvalue weighted by molar-refractivity contribution is 5.15. The molecule has 0 amide bonds. The molecule has 1 aromatic heterocycles. The van der Waals surface area contributed by atoms with Gasteiger partial charge in [-0.1, -0.05) is 0 Å². The van der Waals surface area contributed by atoms with Gasteiger partial charge in [0.05, 0.1) is 0 Å². The fraction of sp³-hybridized carbons (Fsp3) is 0.615. The first-order valence-electron chi connectivity index (χ1n) is 6.13. The lowest BCUT2D eigenvalue weighted by atomic mass is 10.1. The quantitative estimate of drug-likeness (QED) is 0.837. The molecule has 1 N–H and O–H groups in total. The zero-order valence-electron chi connectivity index (χ0n) is 10.2. The molecule has 16 heavy (non-hydrogen) atoms. The third-order valence-electron chi connectivity index (χ3n) is 3.55. The van der Waals surface area contributed by atoms with Gasteiger partial charge in [0.2, 0.25) is 0 Å². The zero-order valence-corrected chi connectivity index (χ0v) is 10.2. The van der Waals surface area contributed by atoms with Crippen molar-refractivity contribution in [3.8, 4) is 0 Å². The van der Waals surface area contributed by atoms with Crippen LogP contribution in [0.25, 0.3) is 0 Å². The maximum Gasteiger partial charge on any atom is 0.0324 e. The molecule has 2 atom stereocenters. The highest BCUT2D eigenvalue weighted by Gasteiger charge is 2.28. The predicted molar refractivity (Wildman–Crippen MR) is 66.3 cm³/mol. The summed E-state index contributed by atoms with van der Waals surface area (Å²) in [7, 11) is 2.04. The van der Waals surface area contributed by atoms with E-state index in [1.807, 2.05) is 19.4 Å². The maximum absolute atomic E-state index is 4.08. The van der Waals surface area contributed by atoms with Crippen molar-refractivity contribution in [3.63, 3.8) is 0 Å². The summed E-state index contributed by atoms with van der Waals surface area (Å²) in [4.78, 5) is 6.68. The fourth-order valence-corrected chi connectivity index (χ4v) is 2.66. The van der Waals surface area contributed by atoms with Gasteiger partial charge in [0.1, 0.15) is 0 Å². The first-order valence-corrected chi connectivity index (χ1v) is 6.13. The van der Waals surface area contributed by atoms with Gasteiger partial charge in [-0.2, -0.15) is 0 Å². The minimum absolute atomic E-state index is 0.504. The van der Waals surface area contributed by atoms with Crippen molar-refractivity contribution in [1.82, 2.24) is 15.2 Å². The molecule has 1 aliphatic heterocycles. The molecule has 0 radical (unpaired) electrons. The average molecular weight is 219 g/mol. The maximum atomic E-state index is 4.08. The van der Waals surface area contributed by atoms with Crippen molar-refractivity contribution < 1.29 is 0 Å². The molecule has 0 bridgehead atoms. The Balaban J connectivity index is 2.06. The van der Waals surface area contributed by atoms with Gasteiger partial charge in [-0.25, -0.2) is 0 Å². The van der Waals surface area contributed by atoms with Crippen LogP contribution in [0.4, 0.5) is 0 Å². The number of nitrogens with zero attached hydrogens (tertiary/aromatic N) is 2. The molecule has 3 heteroatoms. The van der Waals surface area contributed by atoms with Crippen LogP contribution in [0.5, 0.6) is 0 Å². The Hall–Kier alpha value is -0.930. The topological polar surface area (TPSA) is 28.2 Å². The van der Waals surface area contributed by atoms with Crippen molar-refractivity contribution in [1.29, 1.82) is 0 Å². The summed E-state index contributed by atoms with van der Waals surface area (Å²) in [5.74, 6) is 0. The lowest BCUT2D eigenvalue weighted by Crippen LogP contribution is -2.38. The van der Waals surface area contributed by atoms with Gasteiger partial charge in [0.25, 0.3) is 0 Å². The first kappa shape index (κ1) is 11.6. The lowest BCUT2D eigenvalue weighted by molar-refractivity contribution is 0.191. The van der Waals surface area contributed by atoms with Crippen LogP contribution in [0.2, 0.25) is 0 Å². The summed E-state index contributed by atoms with van der Waals surface area (Å²) >= 11 is 0. The largest absolute Gasteiger partial charge is 0.318 e. The van der Waals surface area contributed by atoms with Crippen LogP contribution in [-0.2, 0) is 0 Å². The molecule has 88 valence electrons. The molecule has 1 fully saturated rings. The van der Waals surface area contributed by atoms with Crippen LogP contribution in [-0.4, -0.2) is 36.1 Å². The van der Waals surface area contributed by atoms with Crippen molar-refractivity contribution in [2.75, 3.05) is 20.1 Å². The van der Waals surface area contributed by atoms with E-state index >= 15 is 0 Å². The fourth-order valence-electron chi connectivity index (χ4n) is 2.66. The van der Waals surface area contributed by atoms with E-state index < -0.39 is 0 Å². The molecule has 0 aliphatic carbocycles. The van der Waals surface area contributed by atoms with E-state index in [4.69, 9.17) is 0 Å².